The van der Waals surface area contributed by atoms with Gasteiger partial charge in [0, 0.05) is 23.3 Å². The average Bonchev–Trinajstić information content (AvgIpc) is 2.64. The monoisotopic (exact) mass is 268 g/mol. The molecule has 17 heavy (non-hydrogen) atoms. The number of nitrogens with zero attached hydrogens (tertiary/aromatic N) is 3. The third kappa shape index (κ3) is 3.38. The van der Waals surface area contributed by atoms with Crippen LogP contribution in [0.3, 0.4) is 0 Å². The molecule has 0 aliphatic carbocycles. The van der Waals surface area contributed by atoms with Crippen molar-refractivity contribution in [3.63, 3.8) is 0 Å². The highest BCUT2D eigenvalue weighted by atomic mass is 35.5. The van der Waals surface area contributed by atoms with E-state index in [-0.39, 0.29) is 5.54 Å². The van der Waals surface area contributed by atoms with Gasteiger partial charge in [0.15, 0.2) is 5.82 Å². The molecule has 0 spiro atoms. The van der Waals surface area contributed by atoms with Crippen molar-refractivity contribution in [2.24, 2.45) is 0 Å². The van der Waals surface area contributed by atoms with E-state index in [9.17, 15) is 0 Å². The van der Waals surface area contributed by atoms with Crippen molar-refractivity contribution in [1.82, 2.24) is 14.3 Å². The molecule has 2 rings (SSSR count). The number of aromatic nitrogens is 3. The van der Waals surface area contributed by atoms with E-state index in [2.05, 4.69) is 40.4 Å². The van der Waals surface area contributed by atoms with Crippen LogP contribution < -0.4 is 5.32 Å². The molecule has 2 aromatic heterocycles. The molecule has 0 atom stereocenters. The second-order valence-corrected chi connectivity index (χ2v) is 5.85. The van der Waals surface area contributed by atoms with Crippen molar-refractivity contribution < 1.29 is 0 Å². The van der Waals surface area contributed by atoms with E-state index in [0.29, 0.717) is 10.8 Å². The molecule has 2 aromatic rings. The lowest BCUT2D eigenvalue weighted by Gasteiger charge is -2.18. The van der Waals surface area contributed by atoms with Crippen molar-refractivity contribution in [1.29, 1.82) is 0 Å². The first-order valence-corrected chi connectivity index (χ1v) is 6.33. The Balaban J connectivity index is 2.21. The van der Waals surface area contributed by atoms with Crippen LogP contribution in [0.2, 0.25) is 5.02 Å². The molecule has 0 aliphatic rings. The molecule has 0 saturated carbocycles. The van der Waals surface area contributed by atoms with Gasteiger partial charge in [0.1, 0.15) is 5.69 Å². The third-order valence-corrected chi connectivity index (χ3v) is 2.72. The number of hydrogen-bond acceptors (Lipinski definition) is 5. The van der Waals surface area contributed by atoms with Gasteiger partial charge in [-0.15, -0.1) is 0 Å². The molecule has 1 N–H and O–H groups in total. The Kier molecular flexibility index (Phi) is 3.31. The molecule has 0 aliphatic heterocycles. The zero-order valence-electron chi connectivity index (χ0n) is 9.86. The summed E-state index contributed by atoms with van der Waals surface area (Å²) in [6, 6.07) is 3.59. The number of anilines is 1. The van der Waals surface area contributed by atoms with Crippen LogP contribution >= 0.6 is 23.1 Å². The Morgan fingerprint density at radius 3 is 2.65 bits per heavy atom. The van der Waals surface area contributed by atoms with Crippen LogP contribution in [0, 0.1) is 0 Å². The van der Waals surface area contributed by atoms with E-state index in [0.717, 1.165) is 10.8 Å². The molecule has 0 bridgehead atoms. The molecule has 0 unspecified atom stereocenters. The lowest BCUT2D eigenvalue weighted by molar-refractivity contribution is 0.633. The van der Waals surface area contributed by atoms with Gasteiger partial charge in [0.05, 0.1) is 5.02 Å². The SMILES string of the molecule is CC(C)(C)Nc1nc(-c2ccc(Cl)cn2)ns1. The molecule has 0 radical (unpaired) electrons. The molecular formula is C11H13ClN4S. The number of hydrogen-bond donors (Lipinski definition) is 1. The summed E-state index contributed by atoms with van der Waals surface area (Å²) in [5.41, 5.74) is 0.706. The summed E-state index contributed by atoms with van der Waals surface area (Å²) in [5, 5.41) is 4.68. The molecule has 4 nitrogen and oxygen atoms in total. The van der Waals surface area contributed by atoms with Crippen LogP contribution in [0.1, 0.15) is 20.8 Å². The van der Waals surface area contributed by atoms with Gasteiger partial charge >= 0.3 is 0 Å². The second kappa shape index (κ2) is 4.58. The van der Waals surface area contributed by atoms with Gasteiger partial charge in [0.2, 0.25) is 5.13 Å². The first kappa shape index (κ1) is 12.3. The maximum atomic E-state index is 5.78. The Hall–Kier alpha value is -1.20. The standard InChI is InChI=1S/C11H13ClN4S/c1-11(2,3)15-10-14-9(16-17-10)8-5-4-7(12)6-13-8/h4-6H,1-3H3,(H,14,15,16). The predicted octanol–water partition coefficient (Wildman–Crippen LogP) is 3.46. The number of halogens is 1. The Bertz CT molecular complexity index is 501. The minimum Gasteiger partial charge on any atom is -0.356 e. The molecule has 0 fully saturated rings. The van der Waals surface area contributed by atoms with Crippen LogP contribution in [-0.2, 0) is 0 Å². The van der Waals surface area contributed by atoms with Gasteiger partial charge in [-0.25, -0.2) is 0 Å². The van der Waals surface area contributed by atoms with Gasteiger partial charge in [0.25, 0.3) is 0 Å². The van der Waals surface area contributed by atoms with E-state index in [1.165, 1.54) is 11.5 Å². The Morgan fingerprint density at radius 2 is 2.06 bits per heavy atom. The lowest BCUT2D eigenvalue weighted by atomic mass is 10.1. The van der Waals surface area contributed by atoms with Gasteiger partial charge in [-0.1, -0.05) is 11.6 Å². The number of rotatable bonds is 2. The van der Waals surface area contributed by atoms with Gasteiger partial charge in [-0.3, -0.25) is 4.98 Å². The van der Waals surface area contributed by atoms with Crippen LogP contribution in [0.4, 0.5) is 5.13 Å². The van der Waals surface area contributed by atoms with E-state index in [1.807, 2.05) is 6.07 Å². The zero-order valence-corrected chi connectivity index (χ0v) is 11.4. The summed E-state index contributed by atoms with van der Waals surface area (Å²) in [6.07, 6.45) is 1.59. The van der Waals surface area contributed by atoms with Gasteiger partial charge in [-0.05, 0) is 32.9 Å². The third-order valence-electron chi connectivity index (χ3n) is 1.86. The highest BCUT2D eigenvalue weighted by Gasteiger charge is 2.14. The van der Waals surface area contributed by atoms with Crippen molar-refractivity contribution in [3.05, 3.63) is 23.4 Å². The largest absolute Gasteiger partial charge is 0.356 e. The minimum atomic E-state index is -0.0236. The predicted molar refractivity (Wildman–Crippen MR) is 71.5 cm³/mol. The molecule has 6 heteroatoms. The minimum absolute atomic E-state index is 0.0236. The quantitative estimate of drug-likeness (QED) is 0.906. The molecule has 0 amide bonds. The molecule has 0 aromatic carbocycles. The van der Waals surface area contributed by atoms with Crippen molar-refractivity contribution in [2.45, 2.75) is 26.3 Å². The highest BCUT2D eigenvalue weighted by Crippen LogP contribution is 2.22. The van der Waals surface area contributed by atoms with Crippen molar-refractivity contribution in [3.8, 4) is 11.5 Å². The van der Waals surface area contributed by atoms with E-state index >= 15 is 0 Å². The van der Waals surface area contributed by atoms with Crippen LogP contribution in [-0.4, -0.2) is 19.9 Å². The Morgan fingerprint density at radius 1 is 1.29 bits per heavy atom. The van der Waals surface area contributed by atoms with Crippen LogP contribution in [0.25, 0.3) is 11.5 Å². The lowest BCUT2D eigenvalue weighted by Crippen LogP contribution is -2.25. The smallest absolute Gasteiger partial charge is 0.203 e. The molecule has 0 saturated heterocycles. The first-order valence-electron chi connectivity index (χ1n) is 5.18. The number of pyridine rings is 1. The summed E-state index contributed by atoms with van der Waals surface area (Å²) in [6.45, 7) is 6.23. The van der Waals surface area contributed by atoms with E-state index < -0.39 is 0 Å². The average molecular weight is 269 g/mol. The van der Waals surface area contributed by atoms with Crippen molar-refractivity contribution in [2.75, 3.05) is 5.32 Å². The van der Waals surface area contributed by atoms with Gasteiger partial charge in [-0.2, -0.15) is 9.36 Å². The highest BCUT2D eigenvalue weighted by molar-refractivity contribution is 7.09. The summed E-state index contributed by atoms with van der Waals surface area (Å²) in [5.74, 6) is 0.624. The van der Waals surface area contributed by atoms with Crippen molar-refractivity contribution >= 4 is 28.3 Å². The van der Waals surface area contributed by atoms with E-state index in [1.54, 1.807) is 12.3 Å². The van der Waals surface area contributed by atoms with Crippen LogP contribution in [0.15, 0.2) is 18.3 Å². The molecule has 90 valence electrons. The summed E-state index contributed by atoms with van der Waals surface area (Å²) < 4.78 is 4.26. The summed E-state index contributed by atoms with van der Waals surface area (Å²) in [4.78, 5) is 8.57. The fourth-order valence-electron chi connectivity index (χ4n) is 1.21. The van der Waals surface area contributed by atoms with E-state index in [4.69, 9.17) is 11.6 Å². The fraction of sp³-hybridized carbons (Fsp3) is 0.364. The maximum Gasteiger partial charge on any atom is 0.203 e. The summed E-state index contributed by atoms with van der Waals surface area (Å²) in [7, 11) is 0. The van der Waals surface area contributed by atoms with Gasteiger partial charge < -0.3 is 5.32 Å². The number of nitrogens with one attached hydrogen (secondary N) is 1. The second-order valence-electron chi connectivity index (χ2n) is 4.66. The maximum absolute atomic E-state index is 5.78. The molecular weight excluding hydrogens is 256 g/mol. The normalized spacial score (nSPS) is 11.5. The topological polar surface area (TPSA) is 50.7 Å². The fourth-order valence-corrected chi connectivity index (χ4v) is 2.11. The summed E-state index contributed by atoms with van der Waals surface area (Å²) >= 11 is 7.11. The Labute approximate surface area is 109 Å². The van der Waals surface area contributed by atoms with Crippen LogP contribution in [0.5, 0.6) is 0 Å². The zero-order chi connectivity index (χ0) is 12.5. The molecule has 2 heterocycles. The first-order chi connectivity index (χ1) is 7.94.